The van der Waals surface area contributed by atoms with Crippen LogP contribution >= 0.6 is 0 Å². The molecular weight excluding hydrogens is 245 g/mol. The lowest BCUT2D eigenvalue weighted by Crippen LogP contribution is -2.47. The van der Waals surface area contributed by atoms with Crippen LogP contribution in [0.1, 0.15) is 51.4 Å². The minimum Gasteiger partial charge on any atom is -0.481 e. The Bertz CT molecular complexity index is 324. The molecule has 0 aliphatic heterocycles. The molecule has 2 saturated carbocycles. The molecule has 0 heterocycles. The lowest BCUT2D eigenvalue weighted by molar-refractivity contribution is -0.162. The third-order valence-corrected chi connectivity index (χ3v) is 4.49. The summed E-state index contributed by atoms with van der Waals surface area (Å²) in [4.78, 5) is 11.1. The third kappa shape index (κ3) is 2.64. The van der Waals surface area contributed by atoms with Gasteiger partial charge in [0.05, 0.1) is 5.92 Å². The van der Waals surface area contributed by atoms with Crippen LogP contribution in [0.4, 0.5) is 13.2 Å². The van der Waals surface area contributed by atoms with E-state index in [1.54, 1.807) is 0 Å². The molecule has 0 bridgehead atoms. The van der Waals surface area contributed by atoms with Crippen molar-refractivity contribution in [2.45, 2.75) is 63.0 Å². The maximum absolute atomic E-state index is 14.8. The van der Waals surface area contributed by atoms with E-state index in [9.17, 15) is 18.0 Å². The zero-order valence-corrected chi connectivity index (χ0v) is 10.3. The second kappa shape index (κ2) is 4.74. The van der Waals surface area contributed by atoms with Crippen LogP contribution in [0.5, 0.6) is 0 Å². The van der Waals surface area contributed by atoms with E-state index in [-0.39, 0.29) is 12.8 Å². The highest BCUT2D eigenvalue weighted by Crippen LogP contribution is 2.50. The zero-order chi connectivity index (χ0) is 13.4. The number of halogens is 3. The van der Waals surface area contributed by atoms with Crippen molar-refractivity contribution in [3.05, 3.63) is 0 Å². The van der Waals surface area contributed by atoms with E-state index in [0.29, 0.717) is 12.8 Å². The molecule has 5 heteroatoms. The minimum atomic E-state index is -2.95. The molecule has 2 aliphatic rings. The van der Waals surface area contributed by atoms with E-state index in [4.69, 9.17) is 5.11 Å². The molecular formula is C13H19F3O2. The van der Waals surface area contributed by atoms with Gasteiger partial charge in [-0.2, -0.15) is 0 Å². The number of hydrogen-bond donors (Lipinski definition) is 1. The minimum absolute atomic E-state index is 0.0134. The molecule has 0 aromatic heterocycles. The summed E-state index contributed by atoms with van der Waals surface area (Å²) in [6.45, 7) is 0. The van der Waals surface area contributed by atoms with Crippen molar-refractivity contribution >= 4 is 5.97 Å². The Hall–Kier alpha value is -0.740. The number of aliphatic carboxylic acids is 1. The molecule has 104 valence electrons. The van der Waals surface area contributed by atoms with Gasteiger partial charge in [0, 0.05) is 18.8 Å². The van der Waals surface area contributed by atoms with E-state index in [2.05, 4.69) is 0 Å². The lowest BCUT2D eigenvalue weighted by Gasteiger charge is -2.43. The Morgan fingerprint density at radius 1 is 1.06 bits per heavy atom. The van der Waals surface area contributed by atoms with Crippen molar-refractivity contribution in [2.75, 3.05) is 0 Å². The molecule has 0 spiro atoms. The van der Waals surface area contributed by atoms with E-state index in [0.717, 1.165) is 19.3 Å². The van der Waals surface area contributed by atoms with Crippen LogP contribution in [0, 0.1) is 11.8 Å². The van der Waals surface area contributed by atoms with Crippen molar-refractivity contribution in [3.63, 3.8) is 0 Å². The van der Waals surface area contributed by atoms with Crippen LogP contribution in [0.3, 0.4) is 0 Å². The summed E-state index contributed by atoms with van der Waals surface area (Å²) in [5.74, 6) is -6.21. The average Bonchev–Trinajstić information content (AvgIpc) is 2.28. The zero-order valence-electron chi connectivity index (χ0n) is 10.3. The predicted octanol–water partition coefficient (Wildman–Crippen LogP) is 3.80. The van der Waals surface area contributed by atoms with Gasteiger partial charge in [-0.3, -0.25) is 4.79 Å². The fourth-order valence-electron chi connectivity index (χ4n) is 3.52. The van der Waals surface area contributed by atoms with Gasteiger partial charge in [-0.15, -0.1) is 0 Å². The molecule has 0 amide bonds. The van der Waals surface area contributed by atoms with E-state index in [1.165, 1.54) is 0 Å². The first kappa shape index (κ1) is 13.7. The summed E-state index contributed by atoms with van der Waals surface area (Å²) >= 11 is 0. The monoisotopic (exact) mass is 264 g/mol. The summed E-state index contributed by atoms with van der Waals surface area (Å²) in [6.07, 6.45) is 1.96. The van der Waals surface area contributed by atoms with Crippen molar-refractivity contribution < 1.29 is 23.1 Å². The fourth-order valence-corrected chi connectivity index (χ4v) is 3.52. The van der Waals surface area contributed by atoms with E-state index >= 15 is 0 Å². The highest BCUT2D eigenvalue weighted by atomic mass is 19.3. The highest BCUT2D eigenvalue weighted by Gasteiger charge is 2.53. The van der Waals surface area contributed by atoms with Crippen LogP contribution < -0.4 is 0 Å². The third-order valence-electron chi connectivity index (χ3n) is 4.49. The molecule has 2 atom stereocenters. The normalized spacial score (nSPS) is 35.1. The van der Waals surface area contributed by atoms with Crippen LogP contribution in [0.25, 0.3) is 0 Å². The molecule has 2 aliphatic carbocycles. The molecule has 0 aromatic rings. The number of carboxylic acid groups (broad SMARTS) is 1. The maximum atomic E-state index is 14.8. The molecule has 2 fully saturated rings. The molecule has 1 N–H and O–H groups in total. The van der Waals surface area contributed by atoms with Gasteiger partial charge in [-0.05, 0) is 19.3 Å². The summed E-state index contributed by atoms with van der Waals surface area (Å²) < 4.78 is 41.4. The Morgan fingerprint density at radius 2 is 1.67 bits per heavy atom. The number of carboxylic acids is 1. The quantitative estimate of drug-likeness (QED) is 0.823. The summed E-state index contributed by atoms with van der Waals surface area (Å²) in [6, 6.07) is 0. The largest absolute Gasteiger partial charge is 0.481 e. The first-order valence-corrected chi connectivity index (χ1v) is 6.64. The van der Waals surface area contributed by atoms with Gasteiger partial charge in [-0.25, -0.2) is 13.2 Å². The van der Waals surface area contributed by atoms with E-state index < -0.39 is 35.8 Å². The Labute approximate surface area is 105 Å². The van der Waals surface area contributed by atoms with Crippen LogP contribution in [0.2, 0.25) is 0 Å². The van der Waals surface area contributed by atoms with Crippen molar-refractivity contribution in [1.29, 1.82) is 0 Å². The second-order valence-corrected chi connectivity index (χ2v) is 5.75. The molecule has 2 nitrogen and oxygen atoms in total. The topological polar surface area (TPSA) is 37.3 Å². The number of carbonyl (C=O) groups is 1. The van der Waals surface area contributed by atoms with Crippen LogP contribution in [0.15, 0.2) is 0 Å². The smallest absolute Gasteiger partial charge is 0.307 e. The lowest BCUT2D eigenvalue weighted by atomic mass is 9.65. The Morgan fingerprint density at radius 3 is 2.22 bits per heavy atom. The van der Waals surface area contributed by atoms with Gasteiger partial charge in [0.2, 0.25) is 5.92 Å². The van der Waals surface area contributed by atoms with Gasteiger partial charge in [-0.1, -0.05) is 19.3 Å². The van der Waals surface area contributed by atoms with Crippen molar-refractivity contribution in [1.82, 2.24) is 0 Å². The van der Waals surface area contributed by atoms with Gasteiger partial charge in [0.1, 0.15) is 5.67 Å². The Balaban J connectivity index is 2.17. The molecule has 18 heavy (non-hydrogen) atoms. The maximum Gasteiger partial charge on any atom is 0.307 e. The van der Waals surface area contributed by atoms with Gasteiger partial charge >= 0.3 is 5.97 Å². The standard InChI is InChI=1S/C13H19F3O2/c14-12(5-2-1-3-6-12)10-4-7-13(15,16)8-9(10)11(17)18/h9-10H,1-8H2,(H,17,18)/t9-,10-/m1/s1. The average molecular weight is 264 g/mol. The molecule has 0 radical (unpaired) electrons. The summed E-state index contributed by atoms with van der Waals surface area (Å²) in [5, 5.41) is 9.09. The number of rotatable bonds is 2. The summed E-state index contributed by atoms with van der Waals surface area (Å²) in [7, 11) is 0. The van der Waals surface area contributed by atoms with Gasteiger partial charge < -0.3 is 5.11 Å². The Kier molecular flexibility index (Phi) is 3.60. The molecule has 2 rings (SSSR count). The molecule has 0 saturated heterocycles. The SMILES string of the molecule is O=C(O)[C@@H]1CC(F)(F)CC[C@H]1C1(F)CCCCC1. The molecule has 0 aromatic carbocycles. The van der Waals surface area contributed by atoms with Gasteiger partial charge in [0.15, 0.2) is 0 Å². The van der Waals surface area contributed by atoms with E-state index in [1.807, 2.05) is 0 Å². The fraction of sp³-hybridized carbons (Fsp3) is 0.923. The van der Waals surface area contributed by atoms with Crippen LogP contribution in [-0.2, 0) is 4.79 Å². The number of hydrogen-bond acceptors (Lipinski definition) is 1. The first-order chi connectivity index (χ1) is 8.34. The van der Waals surface area contributed by atoms with Crippen molar-refractivity contribution in [3.8, 4) is 0 Å². The van der Waals surface area contributed by atoms with Crippen LogP contribution in [-0.4, -0.2) is 22.7 Å². The highest BCUT2D eigenvalue weighted by molar-refractivity contribution is 5.71. The molecule has 0 unspecified atom stereocenters. The van der Waals surface area contributed by atoms with Gasteiger partial charge in [0.25, 0.3) is 0 Å². The second-order valence-electron chi connectivity index (χ2n) is 5.75. The predicted molar refractivity (Wildman–Crippen MR) is 60.3 cm³/mol. The first-order valence-electron chi connectivity index (χ1n) is 6.64. The number of alkyl halides is 3. The van der Waals surface area contributed by atoms with Crippen molar-refractivity contribution in [2.24, 2.45) is 11.8 Å². The summed E-state index contributed by atoms with van der Waals surface area (Å²) in [5.41, 5.74) is -1.54.